The van der Waals surface area contributed by atoms with Gasteiger partial charge in [0.25, 0.3) is 0 Å². The number of nitrogens with one attached hydrogen (secondary N) is 1. The van der Waals surface area contributed by atoms with Crippen molar-refractivity contribution in [1.82, 2.24) is 15.1 Å². The molecule has 152 valence electrons. The summed E-state index contributed by atoms with van der Waals surface area (Å²) in [5.74, 6) is 0.625. The van der Waals surface area contributed by atoms with Crippen LogP contribution in [0.1, 0.15) is 39.2 Å². The topological polar surface area (TPSA) is 47.9 Å². The molecule has 0 aromatic heterocycles. The number of carbonyl (C=O) groups excluding carboxylic acids is 1. The van der Waals surface area contributed by atoms with E-state index in [-0.39, 0.29) is 41.1 Å². The highest BCUT2D eigenvalue weighted by molar-refractivity contribution is 14.0. The highest BCUT2D eigenvalue weighted by Gasteiger charge is 2.44. The van der Waals surface area contributed by atoms with Gasteiger partial charge in [-0.3, -0.25) is 9.79 Å². The lowest BCUT2D eigenvalue weighted by atomic mass is 9.96. The number of guanidine groups is 1. The van der Waals surface area contributed by atoms with Crippen molar-refractivity contribution >= 4 is 35.8 Å². The third-order valence-corrected chi connectivity index (χ3v) is 5.03. The van der Waals surface area contributed by atoms with Crippen LogP contribution in [0.2, 0.25) is 0 Å². The fourth-order valence-electron chi connectivity index (χ4n) is 3.14. The Labute approximate surface area is 179 Å². The van der Waals surface area contributed by atoms with Gasteiger partial charge in [-0.15, -0.1) is 24.0 Å². The van der Waals surface area contributed by atoms with Crippen LogP contribution in [0.5, 0.6) is 0 Å². The van der Waals surface area contributed by atoms with E-state index in [2.05, 4.69) is 5.32 Å². The van der Waals surface area contributed by atoms with Crippen molar-refractivity contribution in [3.8, 4) is 0 Å². The van der Waals surface area contributed by atoms with Gasteiger partial charge in [-0.2, -0.15) is 0 Å². The van der Waals surface area contributed by atoms with Crippen molar-refractivity contribution in [1.29, 1.82) is 0 Å². The third kappa shape index (κ3) is 6.33. The summed E-state index contributed by atoms with van der Waals surface area (Å²) in [4.78, 5) is 20.8. The minimum atomic E-state index is -0.212. The van der Waals surface area contributed by atoms with Gasteiger partial charge in [0, 0.05) is 32.1 Å². The van der Waals surface area contributed by atoms with Crippen molar-refractivity contribution < 1.29 is 9.18 Å². The first kappa shape index (κ1) is 23.7. The molecule has 0 spiro atoms. The number of likely N-dealkylation sites (N-methyl/N-ethyl adjacent to an activating group) is 2. The molecule has 0 aliphatic heterocycles. The van der Waals surface area contributed by atoms with E-state index in [1.807, 2.05) is 49.8 Å². The smallest absolute Gasteiger partial charge is 0.242 e. The fourth-order valence-corrected chi connectivity index (χ4v) is 3.14. The van der Waals surface area contributed by atoms with E-state index < -0.39 is 0 Å². The number of benzene rings is 1. The molecule has 0 saturated heterocycles. The maximum atomic E-state index is 13.2. The van der Waals surface area contributed by atoms with Crippen molar-refractivity contribution in [2.75, 3.05) is 39.8 Å². The fraction of sp³-hybridized carbons (Fsp3) is 0.600. The van der Waals surface area contributed by atoms with Gasteiger partial charge in [-0.05, 0) is 51.3 Å². The summed E-state index contributed by atoms with van der Waals surface area (Å²) in [6.45, 7) is 9.10. The van der Waals surface area contributed by atoms with Gasteiger partial charge < -0.3 is 15.1 Å². The zero-order chi connectivity index (χ0) is 19.2. The van der Waals surface area contributed by atoms with Crippen LogP contribution >= 0.6 is 24.0 Å². The van der Waals surface area contributed by atoms with Crippen molar-refractivity contribution in [2.45, 2.75) is 39.0 Å². The van der Waals surface area contributed by atoms with E-state index in [4.69, 9.17) is 4.99 Å². The highest BCUT2D eigenvalue weighted by Crippen LogP contribution is 2.48. The summed E-state index contributed by atoms with van der Waals surface area (Å²) in [6, 6.07) is 6.75. The Bertz CT molecular complexity index is 627. The second-order valence-corrected chi connectivity index (χ2v) is 6.88. The average Bonchev–Trinajstić information content (AvgIpc) is 3.41. The lowest BCUT2D eigenvalue weighted by Gasteiger charge is -2.26. The molecular formula is C20H32FIN4O. The van der Waals surface area contributed by atoms with Crippen LogP contribution in [-0.4, -0.2) is 61.4 Å². The Kier molecular flexibility index (Phi) is 9.49. The first-order chi connectivity index (χ1) is 12.5. The molecule has 7 heteroatoms. The van der Waals surface area contributed by atoms with Crippen molar-refractivity contribution in [3.05, 3.63) is 35.6 Å². The second kappa shape index (κ2) is 10.8. The minimum Gasteiger partial charge on any atom is -0.357 e. The Morgan fingerprint density at radius 3 is 2.26 bits per heavy atom. The molecule has 1 aromatic rings. The average molecular weight is 490 g/mol. The molecule has 5 nitrogen and oxygen atoms in total. The predicted octanol–water partition coefficient (Wildman–Crippen LogP) is 3.24. The SMILES string of the molecule is CCNC(=NCC1(c2ccc(F)cc2)CC1)N(C)CC(=O)N(CC)CC.I. The van der Waals surface area contributed by atoms with Gasteiger partial charge in [0.2, 0.25) is 5.91 Å². The zero-order valence-electron chi connectivity index (χ0n) is 16.8. The van der Waals surface area contributed by atoms with Crippen LogP contribution in [0.25, 0.3) is 0 Å². The minimum absolute atomic E-state index is 0. The first-order valence-electron chi connectivity index (χ1n) is 9.49. The quantitative estimate of drug-likeness (QED) is 0.346. The van der Waals surface area contributed by atoms with E-state index >= 15 is 0 Å². The first-order valence-corrected chi connectivity index (χ1v) is 9.49. The van der Waals surface area contributed by atoms with Gasteiger partial charge in [-0.25, -0.2) is 4.39 Å². The molecule has 0 atom stereocenters. The molecule has 1 aliphatic carbocycles. The molecule has 1 aromatic carbocycles. The molecule has 1 amide bonds. The van der Waals surface area contributed by atoms with Crippen LogP contribution in [0.3, 0.4) is 0 Å². The van der Waals surface area contributed by atoms with Crippen LogP contribution < -0.4 is 5.32 Å². The largest absolute Gasteiger partial charge is 0.357 e. The van der Waals surface area contributed by atoms with Crippen LogP contribution in [0.15, 0.2) is 29.3 Å². The van der Waals surface area contributed by atoms with Crippen LogP contribution in [0, 0.1) is 5.82 Å². The molecule has 0 heterocycles. The summed E-state index contributed by atoms with van der Waals surface area (Å²) in [7, 11) is 1.89. The Morgan fingerprint density at radius 2 is 1.78 bits per heavy atom. The van der Waals surface area contributed by atoms with Crippen LogP contribution in [-0.2, 0) is 10.2 Å². The zero-order valence-corrected chi connectivity index (χ0v) is 19.1. The van der Waals surface area contributed by atoms with Gasteiger partial charge in [0.15, 0.2) is 5.96 Å². The van der Waals surface area contributed by atoms with Gasteiger partial charge in [0.05, 0.1) is 13.1 Å². The van der Waals surface area contributed by atoms with Gasteiger partial charge in [-0.1, -0.05) is 12.1 Å². The summed E-state index contributed by atoms with van der Waals surface area (Å²) >= 11 is 0. The highest BCUT2D eigenvalue weighted by atomic mass is 127. The maximum absolute atomic E-state index is 13.2. The lowest BCUT2D eigenvalue weighted by molar-refractivity contribution is -0.131. The molecule has 1 saturated carbocycles. The summed E-state index contributed by atoms with van der Waals surface area (Å²) in [6.07, 6.45) is 2.12. The number of carbonyl (C=O) groups is 1. The van der Waals surface area contributed by atoms with Crippen molar-refractivity contribution in [3.63, 3.8) is 0 Å². The molecule has 1 fully saturated rings. The van der Waals surface area contributed by atoms with E-state index in [1.165, 1.54) is 12.1 Å². The number of amides is 1. The number of hydrogen-bond donors (Lipinski definition) is 1. The molecule has 0 unspecified atom stereocenters. The Morgan fingerprint density at radius 1 is 1.19 bits per heavy atom. The molecule has 1 N–H and O–H groups in total. The summed E-state index contributed by atoms with van der Waals surface area (Å²) in [5, 5.41) is 3.27. The number of hydrogen-bond acceptors (Lipinski definition) is 2. The molecule has 1 aliphatic rings. The molecule has 27 heavy (non-hydrogen) atoms. The van der Waals surface area contributed by atoms with Gasteiger partial charge in [0.1, 0.15) is 5.82 Å². The molecule has 0 bridgehead atoms. The predicted molar refractivity (Wildman–Crippen MR) is 119 cm³/mol. The molecule has 0 radical (unpaired) electrons. The van der Waals surface area contributed by atoms with Crippen molar-refractivity contribution in [2.24, 2.45) is 4.99 Å². The maximum Gasteiger partial charge on any atom is 0.242 e. The monoisotopic (exact) mass is 490 g/mol. The van der Waals surface area contributed by atoms with E-state index in [9.17, 15) is 9.18 Å². The molecule has 2 rings (SSSR count). The van der Waals surface area contributed by atoms with E-state index in [0.29, 0.717) is 26.2 Å². The van der Waals surface area contributed by atoms with E-state index in [0.717, 1.165) is 30.9 Å². The lowest BCUT2D eigenvalue weighted by Crippen LogP contribution is -2.46. The summed E-state index contributed by atoms with van der Waals surface area (Å²) < 4.78 is 13.2. The number of halogens is 2. The molecular weight excluding hydrogens is 458 g/mol. The third-order valence-electron chi connectivity index (χ3n) is 5.03. The number of rotatable bonds is 8. The second-order valence-electron chi connectivity index (χ2n) is 6.88. The Balaban J connectivity index is 0.00000364. The number of nitrogens with zero attached hydrogens (tertiary/aromatic N) is 3. The normalized spacial score (nSPS) is 14.9. The van der Waals surface area contributed by atoms with E-state index in [1.54, 1.807) is 0 Å². The van der Waals surface area contributed by atoms with Gasteiger partial charge >= 0.3 is 0 Å². The number of aliphatic imine (C=N–C) groups is 1. The Hall–Kier alpha value is -1.38. The summed E-state index contributed by atoms with van der Waals surface area (Å²) in [5.41, 5.74) is 1.15. The van der Waals surface area contributed by atoms with Crippen LogP contribution in [0.4, 0.5) is 4.39 Å². The standard InChI is InChI=1S/C20H31FN4O.HI/c1-5-22-19(24(4)14-18(26)25(6-2)7-3)23-15-20(12-13-20)16-8-10-17(21)11-9-16;/h8-11H,5-7,12-15H2,1-4H3,(H,22,23);1H.